The Bertz CT molecular complexity index is 354. The van der Waals surface area contributed by atoms with Crippen LogP contribution in [-0.4, -0.2) is 20.5 Å². The SMILES string of the molecule is CC1(C)Oc2ccncc2C(O)C1Br. The van der Waals surface area contributed by atoms with E-state index in [9.17, 15) is 5.11 Å². The van der Waals surface area contributed by atoms with Crippen LogP contribution in [0.5, 0.6) is 5.75 Å². The van der Waals surface area contributed by atoms with Crippen molar-refractivity contribution in [2.24, 2.45) is 0 Å². The van der Waals surface area contributed by atoms with E-state index in [1.165, 1.54) is 0 Å². The lowest BCUT2D eigenvalue weighted by molar-refractivity contribution is 0.0222. The molecule has 2 rings (SSSR count). The zero-order valence-corrected chi connectivity index (χ0v) is 9.65. The number of aromatic nitrogens is 1. The molecule has 0 bridgehead atoms. The number of fused-ring (bicyclic) bond motifs is 1. The van der Waals surface area contributed by atoms with E-state index in [0.717, 1.165) is 5.56 Å². The number of pyridine rings is 1. The van der Waals surface area contributed by atoms with Crippen LogP contribution in [0.15, 0.2) is 18.5 Å². The molecule has 0 saturated heterocycles. The van der Waals surface area contributed by atoms with E-state index >= 15 is 0 Å². The molecule has 14 heavy (non-hydrogen) atoms. The first-order chi connectivity index (χ1) is 6.52. The Morgan fingerprint density at radius 3 is 3.00 bits per heavy atom. The van der Waals surface area contributed by atoms with Crippen molar-refractivity contribution in [3.05, 3.63) is 24.0 Å². The molecule has 4 heteroatoms. The third-order valence-corrected chi connectivity index (χ3v) is 4.05. The van der Waals surface area contributed by atoms with Crippen LogP contribution < -0.4 is 4.74 Å². The van der Waals surface area contributed by atoms with Crippen LogP contribution in [0.3, 0.4) is 0 Å². The molecule has 76 valence electrons. The molecule has 0 aliphatic carbocycles. The average Bonchev–Trinajstić information content (AvgIpc) is 2.14. The number of aliphatic hydroxyl groups excluding tert-OH is 1. The number of alkyl halides is 1. The van der Waals surface area contributed by atoms with Crippen molar-refractivity contribution in [2.45, 2.75) is 30.4 Å². The second-order valence-electron chi connectivity index (χ2n) is 3.97. The highest BCUT2D eigenvalue weighted by Gasteiger charge is 2.41. The standard InChI is InChI=1S/C10H12BrNO2/c1-10(2)9(11)8(13)6-5-12-4-3-7(6)14-10/h3-5,8-9,13H,1-2H3. The average molecular weight is 258 g/mol. The molecule has 1 aromatic rings. The minimum absolute atomic E-state index is 0.119. The van der Waals surface area contributed by atoms with Crippen molar-refractivity contribution in [2.75, 3.05) is 0 Å². The fourth-order valence-corrected chi connectivity index (χ4v) is 1.96. The smallest absolute Gasteiger partial charge is 0.129 e. The highest BCUT2D eigenvalue weighted by atomic mass is 79.9. The van der Waals surface area contributed by atoms with Gasteiger partial charge in [-0.1, -0.05) is 15.9 Å². The molecule has 0 saturated carbocycles. The van der Waals surface area contributed by atoms with Crippen molar-refractivity contribution in [3.63, 3.8) is 0 Å². The third kappa shape index (κ3) is 1.42. The normalized spacial score (nSPS) is 29.1. The first-order valence-electron chi connectivity index (χ1n) is 4.47. The Hall–Kier alpha value is -0.610. The predicted molar refractivity (Wildman–Crippen MR) is 56.6 cm³/mol. The molecule has 0 fully saturated rings. The molecule has 1 aliphatic rings. The maximum atomic E-state index is 10.00. The summed E-state index contributed by atoms with van der Waals surface area (Å²) in [7, 11) is 0. The number of nitrogens with zero attached hydrogens (tertiary/aromatic N) is 1. The predicted octanol–water partition coefficient (Wildman–Crippen LogP) is 2.05. The largest absolute Gasteiger partial charge is 0.486 e. The van der Waals surface area contributed by atoms with Gasteiger partial charge in [0, 0.05) is 18.0 Å². The minimum Gasteiger partial charge on any atom is -0.486 e. The summed E-state index contributed by atoms with van der Waals surface area (Å²) in [6.07, 6.45) is 2.74. The van der Waals surface area contributed by atoms with Gasteiger partial charge < -0.3 is 9.84 Å². The van der Waals surface area contributed by atoms with Crippen molar-refractivity contribution >= 4 is 15.9 Å². The lowest BCUT2D eigenvalue weighted by atomic mass is 9.93. The minimum atomic E-state index is -0.567. The Kier molecular flexibility index (Phi) is 2.27. The fraction of sp³-hybridized carbons (Fsp3) is 0.500. The summed E-state index contributed by atoms with van der Waals surface area (Å²) in [5, 5.41) is 10.00. The molecular formula is C10H12BrNO2. The summed E-state index contributed by atoms with van der Waals surface area (Å²) in [5.41, 5.74) is 0.335. The van der Waals surface area contributed by atoms with E-state index in [1.54, 1.807) is 18.5 Å². The summed E-state index contributed by atoms with van der Waals surface area (Å²) in [6, 6.07) is 1.78. The van der Waals surface area contributed by atoms with Gasteiger partial charge in [-0.2, -0.15) is 0 Å². The van der Waals surface area contributed by atoms with Gasteiger partial charge in [0.25, 0.3) is 0 Å². The van der Waals surface area contributed by atoms with Crippen LogP contribution in [0.1, 0.15) is 25.5 Å². The lowest BCUT2D eigenvalue weighted by Crippen LogP contribution is -2.45. The van der Waals surface area contributed by atoms with Crippen LogP contribution in [0.4, 0.5) is 0 Å². The second kappa shape index (κ2) is 3.21. The van der Waals surface area contributed by atoms with Gasteiger partial charge in [0.05, 0.1) is 4.83 Å². The number of hydrogen-bond donors (Lipinski definition) is 1. The molecular weight excluding hydrogens is 246 g/mol. The van der Waals surface area contributed by atoms with E-state index in [2.05, 4.69) is 20.9 Å². The quantitative estimate of drug-likeness (QED) is 0.724. The van der Waals surface area contributed by atoms with Gasteiger partial charge in [-0.25, -0.2) is 0 Å². The number of halogens is 1. The van der Waals surface area contributed by atoms with Gasteiger partial charge in [0.2, 0.25) is 0 Å². The zero-order chi connectivity index (χ0) is 10.3. The van der Waals surface area contributed by atoms with Crippen molar-refractivity contribution < 1.29 is 9.84 Å². The Morgan fingerprint density at radius 2 is 2.29 bits per heavy atom. The zero-order valence-electron chi connectivity index (χ0n) is 8.07. The molecule has 2 unspecified atom stereocenters. The van der Waals surface area contributed by atoms with Crippen LogP contribution >= 0.6 is 15.9 Å². The number of hydrogen-bond acceptors (Lipinski definition) is 3. The first kappa shape index (κ1) is 9.93. The summed E-state index contributed by atoms with van der Waals surface area (Å²) in [6.45, 7) is 3.89. The second-order valence-corrected chi connectivity index (χ2v) is 4.95. The van der Waals surface area contributed by atoms with Crippen molar-refractivity contribution in [3.8, 4) is 5.75 Å². The van der Waals surface area contributed by atoms with Crippen molar-refractivity contribution in [1.29, 1.82) is 0 Å². The molecule has 1 aromatic heterocycles. The van der Waals surface area contributed by atoms with Crippen LogP contribution in [0.2, 0.25) is 0 Å². The molecule has 0 amide bonds. The van der Waals surface area contributed by atoms with Gasteiger partial charge in [-0.05, 0) is 19.9 Å². The van der Waals surface area contributed by atoms with E-state index in [-0.39, 0.29) is 4.83 Å². The van der Waals surface area contributed by atoms with Crippen molar-refractivity contribution in [1.82, 2.24) is 4.98 Å². The number of ether oxygens (including phenoxy) is 1. The van der Waals surface area contributed by atoms with E-state index in [0.29, 0.717) is 5.75 Å². The summed E-state index contributed by atoms with van der Waals surface area (Å²) >= 11 is 3.44. The van der Waals surface area contributed by atoms with E-state index < -0.39 is 11.7 Å². The van der Waals surface area contributed by atoms with Gasteiger partial charge in [-0.3, -0.25) is 4.98 Å². The molecule has 1 aliphatic heterocycles. The molecule has 3 nitrogen and oxygen atoms in total. The van der Waals surface area contributed by atoms with Gasteiger partial charge >= 0.3 is 0 Å². The number of rotatable bonds is 0. The maximum absolute atomic E-state index is 10.00. The molecule has 0 spiro atoms. The highest BCUT2D eigenvalue weighted by Crippen LogP contribution is 2.42. The lowest BCUT2D eigenvalue weighted by Gasteiger charge is -2.39. The fourth-order valence-electron chi connectivity index (χ4n) is 1.59. The monoisotopic (exact) mass is 257 g/mol. The van der Waals surface area contributed by atoms with E-state index in [4.69, 9.17) is 4.74 Å². The number of aliphatic hydroxyl groups is 1. The summed E-state index contributed by atoms with van der Waals surface area (Å²) in [5.74, 6) is 0.716. The third-order valence-electron chi connectivity index (χ3n) is 2.44. The topological polar surface area (TPSA) is 42.4 Å². The van der Waals surface area contributed by atoms with Gasteiger partial charge in [-0.15, -0.1) is 0 Å². The van der Waals surface area contributed by atoms with E-state index in [1.807, 2.05) is 13.8 Å². The Labute approximate surface area is 91.2 Å². The maximum Gasteiger partial charge on any atom is 0.129 e. The molecule has 1 N–H and O–H groups in total. The van der Waals surface area contributed by atoms with Crippen LogP contribution in [0, 0.1) is 0 Å². The highest BCUT2D eigenvalue weighted by molar-refractivity contribution is 9.09. The Balaban J connectivity index is 2.48. The molecule has 0 aromatic carbocycles. The molecule has 2 atom stereocenters. The molecule has 0 radical (unpaired) electrons. The van der Waals surface area contributed by atoms with Gasteiger partial charge in [0.1, 0.15) is 17.5 Å². The van der Waals surface area contributed by atoms with Crippen LogP contribution in [-0.2, 0) is 0 Å². The molecule has 2 heterocycles. The summed E-state index contributed by atoms with van der Waals surface area (Å²) < 4.78 is 5.76. The Morgan fingerprint density at radius 1 is 1.57 bits per heavy atom. The summed E-state index contributed by atoms with van der Waals surface area (Å²) in [4.78, 5) is 3.85. The van der Waals surface area contributed by atoms with Crippen LogP contribution in [0.25, 0.3) is 0 Å². The van der Waals surface area contributed by atoms with Gasteiger partial charge in [0.15, 0.2) is 0 Å². The first-order valence-corrected chi connectivity index (χ1v) is 5.39.